The van der Waals surface area contributed by atoms with Crippen molar-refractivity contribution in [2.45, 2.75) is 25.4 Å². The smallest absolute Gasteiger partial charge is 0.448 e. The van der Waals surface area contributed by atoms with Gasteiger partial charge in [0, 0.05) is 25.6 Å². The molecule has 2 aromatic carbocycles. The monoisotopic (exact) mass is 379 g/mol. The van der Waals surface area contributed by atoms with Gasteiger partial charge in [0.05, 0.1) is 5.56 Å². The van der Waals surface area contributed by atoms with E-state index >= 15 is 0 Å². The van der Waals surface area contributed by atoms with E-state index in [0.717, 1.165) is 0 Å². The number of benzene rings is 2. The van der Waals surface area contributed by atoms with Crippen molar-refractivity contribution in [1.82, 2.24) is 4.90 Å². The molecule has 27 heavy (non-hydrogen) atoms. The maximum Gasteiger partial charge on any atom is 0.573 e. The number of likely N-dealkylation sites (N-methyl/N-ethyl adjacent to an activating group) is 1. The summed E-state index contributed by atoms with van der Waals surface area (Å²) in [4.78, 5) is 25.9. The molecule has 0 saturated heterocycles. The van der Waals surface area contributed by atoms with E-state index in [4.69, 9.17) is 4.74 Å². The van der Waals surface area contributed by atoms with Gasteiger partial charge in [0.2, 0.25) is 0 Å². The lowest BCUT2D eigenvalue weighted by Gasteiger charge is -2.28. The molecule has 0 N–H and O–H groups in total. The number of ether oxygens (including phenoxy) is 2. The summed E-state index contributed by atoms with van der Waals surface area (Å²) in [5.74, 6) is -1.47. The Balaban J connectivity index is 1.73. The predicted molar refractivity (Wildman–Crippen MR) is 88.9 cm³/mol. The molecule has 0 bridgehead atoms. The quantitative estimate of drug-likeness (QED) is 0.765. The Morgan fingerprint density at radius 1 is 1.19 bits per heavy atom. The van der Waals surface area contributed by atoms with E-state index in [2.05, 4.69) is 4.74 Å². The Hall–Kier alpha value is -3.03. The van der Waals surface area contributed by atoms with Gasteiger partial charge in [-0.2, -0.15) is 0 Å². The number of carbonyl (C=O) groups is 2. The zero-order valence-corrected chi connectivity index (χ0v) is 14.3. The van der Waals surface area contributed by atoms with Crippen LogP contribution in [0.15, 0.2) is 48.5 Å². The fourth-order valence-electron chi connectivity index (χ4n) is 2.91. The molecule has 1 atom stereocenters. The number of esters is 1. The van der Waals surface area contributed by atoms with Crippen LogP contribution in [0, 0.1) is 0 Å². The number of carbonyl (C=O) groups excluding carboxylic acids is 2. The van der Waals surface area contributed by atoms with Crippen LogP contribution in [-0.4, -0.2) is 36.3 Å². The van der Waals surface area contributed by atoms with Crippen molar-refractivity contribution in [3.05, 3.63) is 65.2 Å². The fraction of sp³-hybridized carbons (Fsp3) is 0.263. The van der Waals surface area contributed by atoms with E-state index in [1.165, 1.54) is 30.1 Å². The van der Waals surface area contributed by atoms with Crippen LogP contribution in [0.25, 0.3) is 0 Å². The van der Waals surface area contributed by atoms with Gasteiger partial charge in [-0.3, -0.25) is 4.79 Å². The molecule has 0 fully saturated rings. The Bertz CT molecular complexity index is 866. The first-order valence-electron chi connectivity index (χ1n) is 8.12. The molecule has 2 aromatic rings. The third-order valence-electron chi connectivity index (χ3n) is 4.15. The van der Waals surface area contributed by atoms with E-state index in [9.17, 15) is 22.8 Å². The average Bonchev–Trinajstić information content (AvgIpc) is 2.61. The lowest BCUT2D eigenvalue weighted by molar-refractivity contribution is -0.275. The second-order valence-electron chi connectivity index (χ2n) is 6.11. The Kier molecular flexibility index (Phi) is 5.07. The van der Waals surface area contributed by atoms with Crippen LogP contribution >= 0.6 is 0 Å². The van der Waals surface area contributed by atoms with Crippen LogP contribution in [0.4, 0.5) is 13.2 Å². The minimum Gasteiger partial charge on any atom is -0.448 e. The number of alkyl halides is 3. The van der Waals surface area contributed by atoms with Crippen molar-refractivity contribution >= 4 is 11.9 Å². The van der Waals surface area contributed by atoms with Crippen molar-refractivity contribution in [1.29, 1.82) is 0 Å². The van der Waals surface area contributed by atoms with E-state index < -0.39 is 24.3 Å². The molecule has 8 heteroatoms. The van der Waals surface area contributed by atoms with Gasteiger partial charge in [-0.1, -0.05) is 36.4 Å². The van der Waals surface area contributed by atoms with Crippen LogP contribution < -0.4 is 4.74 Å². The van der Waals surface area contributed by atoms with Crippen LogP contribution in [0.3, 0.4) is 0 Å². The first-order chi connectivity index (χ1) is 12.7. The molecule has 1 aliphatic heterocycles. The zero-order valence-electron chi connectivity index (χ0n) is 14.3. The zero-order chi connectivity index (χ0) is 19.6. The first-order valence-corrected chi connectivity index (χ1v) is 8.12. The van der Waals surface area contributed by atoms with Gasteiger partial charge in [-0.05, 0) is 17.7 Å². The molecule has 142 valence electrons. The van der Waals surface area contributed by atoms with Crippen molar-refractivity contribution in [2.24, 2.45) is 0 Å². The highest BCUT2D eigenvalue weighted by molar-refractivity contribution is 5.95. The summed E-state index contributed by atoms with van der Waals surface area (Å²) in [5, 5.41) is 0. The fourth-order valence-corrected chi connectivity index (χ4v) is 2.91. The van der Waals surface area contributed by atoms with E-state index in [1.54, 1.807) is 30.3 Å². The lowest BCUT2D eigenvalue weighted by atomic mass is 9.98. The topological polar surface area (TPSA) is 55.8 Å². The summed E-state index contributed by atoms with van der Waals surface area (Å²) in [6, 6.07) is 12.4. The summed E-state index contributed by atoms with van der Waals surface area (Å²) in [5.41, 5.74) is 1.29. The number of para-hydroxylation sites is 1. The normalized spacial score (nSPS) is 16.3. The number of fused-ring (bicyclic) bond motifs is 1. The molecule has 1 aliphatic rings. The maximum atomic E-state index is 12.6. The number of halogens is 3. The van der Waals surface area contributed by atoms with Gasteiger partial charge in [0.25, 0.3) is 5.91 Å². The number of amides is 1. The molecule has 0 radical (unpaired) electrons. The summed E-state index contributed by atoms with van der Waals surface area (Å²) < 4.78 is 46.8. The highest BCUT2D eigenvalue weighted by Crippen LogP contribution is 2.28. The third kappa shape index (κ3) is 4.39. The maximum absolute atomic E-state index is 12.6. The molecule has 1 unspecified atom stereocenters. The van der Waals surface area contributed by atoms with Crippen LogP contribution in [0.2, 0.25) is 0 Å². The Morgan fingerprint density at radius 2 is 1.85 bits per heavy atom. The summed E-state index contributed by atoms with van der Waals surface area (Å²) in [6.45, 7) is -0.124. The molecule has 3 rings (SSSR count). The van der Waals surface area contributed by atoms with Crippen LogP contribution in [0.5, 0.6) is 5.75 Å². The van der Waals surface area contributed by atoms with Crippen molar-refractivity contribution in [3.63, 3.8) is 0 Å². The molecule has 0 saturated carbocycles. The predicted octanol–water partition coefficient (Wildman–Crippen LogP) is 3.33. The standard InChI is InChI=1S/C19H16F3NO4/c1-23(11-13-7-3-5-9-15(13)27-19(20,21)22)17(24)16-10-12-6-2-4-8-14(12)18(25)26-16/h2-9,16H,10-11H2,1H3. The molecule has 1 heterocycles. The van der Waals surface area contributed by atoms with E-state index in [1.807, 2.05) is 0 Å². The molecular weight excluding hydrogens is 363 g/mol. The molecule has 1 amide bonds. The van der Waals surface area contributed by atoms with Crippen molar-refractivity contribution in [3.8, 4) is 5.75 Å². The van der Waals surface area contributed by atoms with Crippen LogP contribution in [0.1, 0.15) is 21.5 Å². The van der Waals surface area contributed by atoms with Crippen molar-refractivity contribution in [2.75, 3.05) is 7.05 Å². The second-order valence-corrected chi connectivity index (χ2v) is 6.11. The van der Waals surface area contributed by atoms with Gasteiger partial charge < -0.3 is 14.4 Å². The number of cyclic esters (lactones) is 1. The summed E-state index contributed by atoms with van der Waals surface area (Å²) >= 11 is 0. The minimum absolute atomic E-state index is 0.124. The van der Waals surface area contributed by atoms with E-state index in [0.29, 0.717) is 11.1 Å². The minimum atomic E-state index is -4.83. The van der Waals surface area contributed by atoms with Crippen LogP contribution in [-0.2, 0) is 22.5 Å². The largest absolute Gasteiger partial charge is 0.573 e. The van der Waals surface area contributed by atoms with Crippen molar-refractivity contribution < 1.29 is 32.2 Å². The number of nitrogens with zero attached hydrogens (tertiary/aromatic N) is 1. The van der Waals surface area contributed by atoms with Gasteiger partial charge in [-0.15, -0.1) is 13.2 Å². The number of hydrogen-bond donors (Lipinski definition) is 0. The number of hydrogen-bond acceptors (Lipinski definition) is 4. The molecule has 0 aliphatic carbocycles. The van der Waals surface area contributed by atoms with Gasteiger partial charge in [0.15, 0.2) is 6.10 Å². The average molecular weight is 379 g/mol. The molecular formula is C19H16F3NO4. The van der Waals surface area contributed by atoms with Gasteiger partial charge >= 0.3 is 12.3 Å². The molecule has 0 aromatic heterocycles. The third-order valence-corrected chi connectivity index (χ3v) is 4.15. The van der Waals surface area contributed by atoms with E-state index in [-0.39, 0.29) is 24.3 Å². The lowest BCUT2D eigenvalue weighted by Crippen LogP contribution is -2.42. The second kappa shape index (κ2) is 7.30. The molecule has 5 nitrogen and oxygen atoms in total. The highest BCUT2D eigenvalue weighted by atomic mass is 19.4. The van der Waals surface area contributed by atoms with Gasteiger partial charge in [-0.25, -0.2) is 4.79 Å². The summed E-state index contributed by atoms with van der Waals surface area (Å²) in [6.07, 6.45) is -5.64. The number of rotatable bonds is 4. The SMILES string of the molecule is CN(Cc1ccccc1OC(F)(F)F)C(=O)C1Cc2ccccc2C(=O)O1. The molecule has 0 spiro atoms. The van der Waals surface area contributed by atoms with Gasteiger partial charge in [0.1, 0.15) is 5.75 Å². The summed E-state index contributed by atoms with van der Waals surface area (Å²) in [7, 11) is 1.43. The Labute approximate surface area is 153 Å². The first kappa shape index (κ1) is 18.8. The Morgan fingerprint density at radius 3 is 2.59 bits per heavy atom. The highest BCUT2D eigenvalue weighted by Gasteiger charge is 2.34.